The van der Waals surface area contributed by atoms with Crippen LogP contribution in [0.1, 0.15) is 19.8 Å². The van der Waals surface area contributed by atoms with E-state index in [0.29, 0.717) is 0 Å². The van der Waals surface area contributed by atoms with Crippen molar-refractivity contribution in [2.45, 2.75) is 30.3 Å². The van der Waals surface area contributed by atoms with E-state index in [1.807, 2.05) is 9.83 Å². The van der Waals surface area contributed by atoms with Crippen molar-refractivity contribution in [3.8, 4) is 0 Å². The average molecular weight is 204 g/mol. The predicted octanol–water partition coefficient (Wildman–Crippen LogP) is 3.44. The van der Waals surface area contributed by atoms with Gasteiger partial charge in [0.1, 0.15) is 0 Å². The molecule has 0 amide bonds. The summed E-state index contributed by atoms with van der Waals surface area (Å²) in [5, 5.41) is 2.06. The van der Waals surface area contributed by atoms with E-state index < -0.39 is 0 Å². The van der Waals surface area contributed by atoms with Crippen molar-refractivity contribution in [1.29, 1.82) is 0 Å². The maximum Gasteiger partial charge on any atom is 0.0320 e. The zero-order valence-corrected chi connectivity index (χ0v) is 8.98. The van der Waals surface area contributed by atoms with Crippen LogP contribution in [-0.4, -0.2) is 10.5 Å². The monoisotopic (exact) mass is 204 g/mol. The Morgan fingerprint density at radius 2 is 1.91 bits per heavy atom. The van der Waals surface area contributed by atoms with E-state index >= 15 is 0 Å². The third kappa shape index (κ3) is 0.939. The van der Waals surface area contributed by atoms with E-state index in [2.05, 4.69) is 28.5 Å². The molecule has 11 heavy (non-hydrogen) atoms. The van der Waals surface area contributed by atoms with E-state index in [1.54, 1.807) is 6.42 Å². The van der Waals surface area contributed by atoms with Crippen LogP contribution in [0.2, 0.25) is 0 Å². The lowest BCUT2D eigenvalue weighted by molar-refractivity contribution is 0.378. The zero-order valence-electron chi connectivity index (χ0n) is 6.53. The Morgan fingerprint density at radius 1 is 1.09 bits per heavy atom. The normalized spacial score (nSPS) is 60.3. The first-order valence-electron chi connectivity index (χ1n) is 4.35. The van der Waals surface area contributed by atoms with E-state index in [1.165, 1.54) is 6.42 Å². The first-order chi connectivity index (χ1) is 5.36. The van der Waals surface area contributed by atoms with Gasteiger partial charge in [0.15, 0.2) is 0 Å². The lowest BCUT2D eigenvalue weighted by Gasteiger charge is -2.26. The molecule has 0 aromatic rings. The molecule has 3 fully saturated rings. The molecule has 5 unspecified atom stereocenters. The summed E-state index contributed by atoms with van der Waals surface area (Å²) in [6.45, 7) is 2.45. The second-order valence-corrected chi connectivity index (χ2v) is 8.46. The zero-order chi connectivity index (χ0) is 7.42. The second kappa shape index (κ2) is 2.52. The maximum atomic E-state index is 2.45. The molecule has 0 aromatic heterocycles. The van der Waals surface area contributed by atoms with Gasteiger partial charge in [-0.2, -0.15) is 0 Å². The highest BCUT2D eigenvalue weighted by molar-refractivity contribution is 9.11. The lowest BCUT2D eigenvalue weighted by Crippen LogP contribution is -2.27. The number of hydrogen-bond acceptors (Lipinski definition) is 3. The van der Waals surface area contributed by atoms with Gasteiger partial charge in [-0.25, -0.2) is 0 Å². The SMILES string of the molecule is CC1CC2CC1C1SSSC21. The fourth-order valence-corrected chi connectivity index (χ4v) is 9.81. The molecule has 0 aromatic carbocycles. The van der Waals surface area contributed by atoms with Crippen LogP contribution < -0.4 is 0 Å². The molecule has 1 heterocycles. The molecule has 3 aliphatic rings. The Kier molecular flexibility index (Phi) is 1.71. The van der Waals surface area contributed by atoms with Crippen LogP contribution in [0.4, 0.5) is 0 Å². The van der Waals surface area contributed by atoms with Crippen LogP contribution in [0, 0.1) is 17.8 Å². The third-order valence-electron chi connectivity index (χ3n) is 3.49. The molecule has 2 aliphatic carbocycles. The van der Waals surface area contributed by atoms with E-state index in [0.717, 1.165) is 28.3 Å². The minimum absolute atomic E-state index is 1.03. The van der Waals surface area contributed by atoms with Crippen LogP contribution in [0.3, 0.4) is 0 Å². The van der Waals surface area contributed by atoms with Crippen molar-refractivity contribution in [1.82, 2.24) is 0 Å². The molecule has 5 atom stereocenters. The van der Waals surface area contributed by atoms with Gasteiger partial charge in [-0.05, 0) is 40.4 Å². The fraction of sp³-hybridized carbons (Fsp3) is 1.00. The van der Waals surface area contributed by atoms with Gasteiger partial charge in [0.25, 0.3) is 0 Å². The van der Waals surface area contributed by atoms with Gasteiger partial charge in [-0.1, -0.05) is 28.5 Å². The predicted molar refractivity (Wildman–Crippen MR) is 55.7 cm³/mol. The highest BCUT2D eigenvalue weighted by Crippen LogP contribution is 2.66. The highest BCUT2D eigenvalue weighted by atomic mass is 33.5. The maximum absolute atomic E-state index is 2.45. The van der Waals surface area contributed by atoms with Gasteiger partial charge >= 0.3 is 0 Å². The van der Waals surface area contributed by atoms with Crippen LogP contribution in [-0.2, 0) is 0 Å². The smallest absolute Gasteiger partial charge is 0.0320 e. The van der Waals surface area contributed by atoms with Gasteiger partial charge in [-0.15, -0.1) is 0 Å². The lowest BCUT2D eigenvalue weighted by atomic mass is 9.90. The van der Waals surface area contributed by atoms with E-state index in [9.17, 15) is 0 Å². The largest absolute Gasteiger partial charge is 0.0776 e. The molecule has 3 rings (SSSR count). The van der Waals surface area contributed by atoms with Crippen molar-refractivity contribution in [3.05, 3.63) is 0 Å². The van der Waals surface area contributed by atoms with Crippen LogP contribution in [0.15, 0.2) is 0 Å². The Bertz CT molecular complexity index is 182. The quantitative estimate of drug-likeness (QED) is 0.555. The summed E-state index contributed by atoms with van der Waals surface area (Å²) in [5.41, 5.74) is 0. The molecule has 2 bridgehead atoms. The molecule has 0 N–H and O–H groups in total. The fourth-order valence-electron chi connectivity index (χ4n) is 2.94. The molecule has 0 nitrogen and oxygen atoms in total. The van der Waals surface area contributed by atoms with Gasteiger partial charge in [0, 0.05) is 10.5 Å². The topological polar surface area (TPSA) is 0 Å². The minimum Gasteiger partial charge on any atom is -0.0776 e. The summed E-state index contributed by atoms with van der Waals surface area (Å²) in [5.74, 6) is 3.21. The Labute approximate surface area is 79.4 Å². The summed E-state index contributed by atoms with van der Waals surface area (Å²) < 4.78 is 0. The molecular weight excluding hydrogens is 192 g/mol. The van der Waals surface area contributed by atoms with Crippen molar-refractivity contribution in [2.75, 3.05) is 0 Å². The van der Waals surface area contributed by atoms with Gasteiger partial charge in [0.05, 0.1) is 0 Å². The van der Waals surface area contributed by atoms with Crippen LogP contribution in [0.5, 0.6) is 0 Å². The van der Waals surface area contributed by atoms with Gasteiger partial charge in [-0.3, -0.25) is 0 Å². The number of fused-ring (bicyclic) bond motifs is 5. The van der Waals surface area contributed by atoms with Crippen LogP contribution in [0.25, 0.3) is 0 Å². The summed E-state index contributed by atoms with van der Waals surface area (Å²) in [4.78, 5) is 0. The second-order valence-electron chi connectivity index (χ2n) is 4.06. The molecule has 3 heteroatoms. The molecule has 1 aliphatic heterocycles. The number of rotatable bonds is 0. The summed E-state index contributed by atoms with van der Waals surface area (Å²) in [6.07, 6.45) is 3.08. The van der Waals surface area contributed by atoms with Crippen molar-refractivity contribution in [3.63, 3.8) is 0 Å². The molecule has 0 radical (unpaired) electrons. The standard InChI is InChI=1S/C8H12S3/c1-4-2-5-3-6(4)8-7(5)9-11-10-8/h4-8H,2-3H2,1H3. The van der Waals surface area contributed by atoms with Gasteiger partial charge in [0.2, 0.25) is 0 Å². The van der Waals surface area contributed by atoms with E-state index in [4.69, 9.17) is 0 Å². The molecule has 62 valence electrons. The van der Waals surface area contributed by atoms with Crippen molar-refractivity contribution < 1.29 is 0 Å². The van der Waals surface area contributed by atoms with E-state index in [-0.39, 0.29) is 0 Å². The Hall–Kier alpha value is 1.05. The van der Waals surface area contributed by atoms with Crippen molar-refractivity contribution >= 4 is 31.4 Å². The number of hydrogen-bond donors (Lipinski definition) is 0. The Morgan fingerprint density at radius 3 is 2.82 bits per heavy atom. The first-order valence-corrected chi connectivity index (χ1v) is 7.96. The summed E-state index contributed by atoms with van der Waals surface area (Å²) >= 11 is 0. The highest BCUT2D eigenvalue weighted by Gasteiger charge is 2.54. The summed E-state index contributed by atoms with van der Waals surface area (Å²) in [6, 6.07) is 0. The average Bonchev–Trinajstić information content (AvgIpc) is 2.52. The molecular formula is C8H12S3. The van der Waals surface area contributed by atoms with Crippen LogP contribution >= 0.6 is 31.4 Å². The first kappa shape index (κ1) is 7.45. The Balaban J connectivity index is 1.90. The molecule has 0 spiro atoms. The minimum atomic E-state index is 1.03. The van der Waals surface area contributed by atoms with Crippen molar-refractivity contribution in [2.24, 2.45) is 17.8 Å². The molecule has 2 saturated carbocycles. The summed E-state index contributed by atoms with van der Waals surface area (Å²) in [7, 11) is 6.37. The van der Waals surface area contributed by atoms with Gasteiger partial charge < -0.3 is 0 Å². The third-order valence-corrected chi connectivity index (χ3v) is 8.81. The molecule has 1 saturated heterocycles.